The van der Waals surface area contributed by atoms with Crippen LogP contribution in [0.3, 0.4) is 0 Å². The van der Waals surface area contributed by atoms with E-state index in [2.05, 4.69) is 24.9 Å². The molecular weight excluding hydrogens is 174 g/mol. The molecule has 0 unspecified atom stereocenters. The maximum Gasteiger partial charge on any atom is 0.212 e. The van der Waals surface area contributed by atoms with Gasteiger partial charge in [0.2, 0.25) is 5.88 Å². The second-order valence-corrected chi connectivity index (χ2v) is 3.60. The lowest BCUT2D eigenvalue weighted by molar-refractivity contribution is 0.397. The van der Waals surface area contributed by atoms with Gasteiger partial charge >= 0.3 is 0 Å². The minimum atomic E-state index is 0.693. The lowest BCUT2D eigenvalue weighted by Gasteiger charge is -2.11. The van der Waals surface area contributed by atoms with Gasteiger partial charge < -0.3 is 4.74 Å². The van der Waals surface area contributed by atoms with E-state index in [1.165, 1.54) is 18.4 Å². The van der Waals surface area contributed by atoms with Gasteiger partial charge in [-0.05, 0) is 17.9 Å². The van der Waals surface area contributed by atoms with Crippen molar-refractivity contribution >= 4 is 0 Å². The summed E-state index contributed by atoms with van der Waals surface area (Å²) in [6.07, 6.45) is 5.52. The fraction of sp³-hybridized carbons (Fsp3) is 0.583. The van der Waals surface area contributed by atoms with Crippen molar-refractivity contribution in [2.75, 3.05) is 7.11 Å². The van der Waals surface area contributed by atoms with Crippen LogP contribution in [-0.4, -0.2) is 12.1 Å². The van der Waals surface area contributed by atoms with Crippen LogP contribution in [-0.2, 0) is 6.42 Å². The van der Waals surface area contributed by atoms with Crippen LogP contribution >= 0.6 is 0 Å². The molecule has 78 valence electrons. The van der Waals surface area contributed by atoms with E-state index in [0.29, 0.717) is 5.88 Å². The molecule has 2 nitrogen and oxygen atoms in total. The maximum atomic E-state index is 5.02. The van der Waals surface area contributed by atoms with Crippen LogP contribution in [0.4, 0.5) is 0 Å². The van der Waals surface area contributed by atoms with Crippen molar-refractivity contribution in [2.24, 2.45) is 5.92 Å². The lowest BCUT2D eigenvalue weighted by atomic mass is 9.96. The van der Waals surface area contributed by atoms with Crippen LogP contribution in [0.25, 0.3) is 0 Å². The van der Waals surface area contributed by atoms with Gasteiger partial charge in [-0.1, -0.05) is 32.8 Å². The summed E-state index contributed by atoms with van der Waals surface area (Å²) in [5.41, 5.74) is 1.31. The number of pyridine rings is 1. The summed E-state index contributed by atoms with van der Waals surface area (Å²) in [6.45, 7) is 4.48. The first-order chi connectivity index (χ1) is 6.80. The van der Waals surface area contributed by atoms with Crippen molar-refractivity contribution in [2.45, 2.75) is 33.1 Å². The summed E-state index contributed by atoms with van der Waals surface area (Å²) in [7, 11) is 1.64. The van der Waals surface area contributed by atoms with Crippen molar-refractivity contribution in [1.82, 2.24) is 4.98 Å². The van der Waals surface area contributed by atoms with E-state index in [9.17, 15) is 0 Å². The van der Waals surface area contributed by atoms with E-state index in [0.717, 1.165) is 12.3 Å². The van der Waals surface area contributed by atoms with Crippen molar-refractivity contribution in [3.63, 3.8) is 0 Å². The average molecular weight is 193 g/mol. The Kier molecular flexibility index (Phi) is 4.44. The molecule has 0 bridgehead atoms. The normalized spacial score (nSPS) is 10.6. The molecule has 0 amide bonds. The summed E-state index contributed by atoms with van der Waals surface area (Å²) in [5, 5.41) is 0. The third-order valence-corrected chi connectivity index (χ3v) is 2.69. The van der Waals surface area contributed by atoms with Crippen molar-refractivity contribution < 1.29 is 4.74 Å². The maximum absolute atomic E-state index is 5.02. The second-order valence-electron chi connectivity index (χ2n) is 3.60. The Hall–Kier alpha value is -1.05. The van der Waals surface area contributed by atoms with Crippen LogP contribution in [0.1, 0.15) is 32.3 Å². The summed E-state index contributed by atoms with van der Waals surface area (Å²) < 4.78 is 5.02. The molecule has 0 radical (unpaired) electrons. The Morgan fingerprint density at radius 1 is 1.29 bits per heavy atom. The zero-order chi connectivity index (χ0) is 10.4. The van der Waals surface area contributed by atoms with Gasteiger partial charge in [-0.2, -0.15) is 0 Å². The Morgan fingerprint density at radius 2 is 2.00 bits per heavy atom. The molecule has 0 fully saturated rings. The molecule has 1 heterocycles. The van der Waals surface area contributed by atoms with Gasteiger partial charge in [0, 0.05) is 12.3 Å². The fourth-order valence-electron chi connectivity index (χ4n) is 1.56. The predicted molar refractivity (Wildman–Crippen MR) is 58.6 cm³/mol. The topological polar surface area (TPSA) is 22.1 Å². The Labute approximate surface area is 86.3 Å². The SMILES string of the molecule is CCC(CC)Cc1ccc(OC)nc1. The van der Waals surface area contributed by atoms with Gasteiger partial charge in [-0.25, -0.2) is 4.98 Å². The highest BCUT2D eigenvalue weighted by Crippen LogP contribution is 2.16. The zero-order valence-electron chi connectivity index (χ0n) is 9.29. The van der Waals surface area contributed by atoms with Gasteiger partial charge in [0.25, 0.3) is 0 Å². The van der Waals surface area contributed by atoms with Gasteiger partial charge in [0.15, 0.2) is 0 Å². The second kappa shape index (κ2) is 5.63. The number of nitrogens with zero attached hydrogens (tertiary/aromatic N) is 1. The molecule has 1 aromatic rings. The highest BCUT2D eigenvalue weighted by molar-refractivity contribution is 5.18. The average Bonchev–Trinajstić information content (AvgIpc) is 2.26. The van der Waals surface area contributed by atoms with Crippen LogP contribution in [0, 0.1) is 5.92 Å². The molecule has 0 aromatic carbocycles. The summed E-state index contributed by atoms with van der Waals surface area (Å²) in [5.74, 6) is 1.48. The molecule has 1 aromatic heterocycles. The summed E-state index contributed by atoms with van der Waals surface area (Å²) in [4.78, 5) is 4.20. The molecular formula is C12H19NO. The molecule has 0 saturated carbocycles. The van der Waals surface area contributed by atoms with E-state index >= 15 is 0 Å². The zero-order valence-corrected chi connectivity index (χ0v) is 9.29. The summed E-state index contributed by atoms with van der Waals surface area (Å²) >= 11 is 0. The highest BCUT2D eigenvalue weighted by Gasteiger charge is 2.05. The molecule has 0 saturated heterocycles. The number of hydrogen-bond donors (Lipinski definition) is 0. The number of aromatic nitrogens is 1. The summed E-state index contributed by atoms with van der Waals surface area (Å²) in [6, 6.07) is 4.03. The number of rotatable bonds is 5. The first kappa shape index (κ1) is 11.0. The molecule has 1 rings (SSSR count). The Balaban J connectivity index is 2.58. The first-order valence-electron chi connectivity index (χ1n) is 5.29. The molecule has 2 heteroatoms. The third kappa shape index (κ3) is 3.02. The smallest absolute Gasteiger partial charge is 0.212 e. The molecule has 14 heavy (non-hydrogen) atoms. The molecule has 0 N–H and O–H groups in total. The lowest BCUT2D eigenvalue weighted by Crippen LogP contribution is -2.02. The number of methoxy groups -OCH3 is 1. The van der Waals surface area contributed by atoms with E-state index in [4.69, 9.17) is 4.74 Å². The van der Waals surface area contributed by atoms with E-state index in [-0.39, 0.29) is 0 Å². The molecule has 0 aliphatic heterocycles. The quantitative estimate of drug-likeness (QED) is 0.717. The van der Waals surface area contributed by atoms with Gasteiger partial charge in [0.1, 0.15) is 0 Å². The van der Waals surface area contributed by atoms with Crippen LogP contribution in [0.2, 0.25) is 0 Å². The van der Waals surface area contributed by atoms with Crippen LogP contribution in [0.5, 0.6) is 5.88 Å². The number of hydrogen-bond acceptors (Lipinski definition) is 2. The van der Waals surface area contributed by atoms with Crippen LogP contribution < -0.4 is 4.74 Å². The largest absolute Gasteiger partial charge is 0.481 e. The van der Waals surface area contributed by atoms with Crippen LogP contribution in [0.15, 0.2) is 18.3 Å². The minimum absolute atomic E-state index is 0.693. The highest BCUT2D eigenvalue weighted by atomic mass is 16.5. The predicted octanol–water partition coefficient (Wildman–Crippen LogP) is 3.07. The first-order valence-corrected chi connectivity index (χ1v) is 5.29. The fourth-order valence-corrected chi connectivity index (χ4v) is 1.56. The molecule has 0 atom stereocenters. The van der Waals surface area contributed by atoms with Gasteiger partial charge in [-0.3, -0.25) is 0 Å². The molecule has 0 aliphatic carbocycles. The van der Waals surface area contributed by atoms with E-state index in [1.54, 1.807) is 7.11 Å². The van der Waals surface area contributed by atoms with E-state index in [1.807, 2.05) is 12.3 Å². The minimum Gasteiger partial charge on any atom is -0.481 e. The standard InChI is InChI=1S/C12H19NO/c1-4-10(5-2)8-11-6-7-12(14-3)13-9-11/h6-7,9-10H,4-5,8H2,1-3H3. The van der Waals surface area contributed by atoms with Crippen molar-refractivity contribution in [1.29, 1.82) is 0 Å². The number of ether oxygens (including phenoxy) is 1. The van der Waals surface area contributed by atoms with Gasteiger partial charge in [0.05, 0.1) is 7.11 Å². The molecule has 0 spiro atoms. The van der Waals surface area contributed by atoms with Crippen molar-refractivity contribution in [3.8, 4) is 5.88 Å². The third-order valence-electron chi connectivity index (χ3n) is 2.69. The Morgan fingerprint density at radius 3 is 2.43 bits per heavy atom. The molecule has 0 aliphatic rings. The van der Waals surface area contributed by atoms with Crippen molar-refractivity contribution in [3.05, 3.63) is 23.9 Å². The Bertz CT molecular complexity index is 252. The monoisotopic (exact) mass is 193 g/mol. The van der Waals surface area contributed by atoms with Gasteiger partial charge in [-0.15, -0.1) is 0 Å². The van der Waals surface area contributed by atoms with E-state index < -0.39 is 0 Å².